The number of imidazole rings is 1. The summed E-state index contributed by atoms with van der Waals surface area (Å²) in [5.74, 6) is 1.61. The van der Waals surface area contributed by atoms with Crippen LogP contribution in [-0.4, -0.2) is 4.57 Å². The molecular weight excluding hydrogens is 472 g/mol. The summed E-state index contributed by atoms with van der Waals surface area (Å²) in [7, 11) is 0. The lowest BCUT2D eigenvalue weighted by molar-refractivity contribution is -0.704. The highest BCUT2D eigenvalue weighted by molar-refractivity contribution is 4.84. The van der Waals surface area contributed by atoms with Gasteiger partial charge in [-0.25, -0.2) is 9.13 Å². The smallest absolute Gasteiger partial charge is 0.234 e. The van der Waals surface area contributed by atoms with Gasteiger partial charge in [0.15, 0.2) is 0 Å². The molecule has 1 aromatic rings. The van der Waals surface area contributed by atoms with Gasteiger partial charge < -0.3 is 0 Å². The standard InChI is InChI=1S/C37H73N2/c1-4-7-10-13-15-17-19-20-21-23-25-28-31-34-39-36-35-38(37(39)32-29-26-12-9-6-3)33-30-27-24-22-18-16-14-11-8-5-2/h35-36H,4-34H2,1-3H3/q+1. The monoisotopic (exact) mass is 546 g/mol. The van der Waals surface area contributed by atoms with Gasteiger partial charge in [-0.2, -0.15) is 0 Å². The lowest BCUT2D eigenvalue weighted by atomic mass is 10.0. The van der Waals surface area contributed by atoms with E-state index in [0.717, 1.165) is 0 Å². The third kappa shape index (κ3) is 21.6. The number of rotatable bonds is 31. The van der Waals surface area contributed by atoms with Crippen LogP contribution in [0.3, 0.4) is 0 Å². The van der Waals surface area contributed by atoms with Gasteiger partial charge in [0, 0.05) is 6.42 Å². The van der Waals surface area contributed by atoms with E-state index in [9.17, 15) is 0 Å². The molecule has 0 N–H and O–H groups in total. The first-order valence-corrected chi connectivity index (χ1v) is 18.4. The molecule has 0 aliphatic carbocycles. The van der Waals surface area contributed by atoms with Gasteiger partial charge in [-0.15, -0.1) is 0 Å². The van der Waals surface area contributed by atoms with Crippen LogP contribution in [0.4, 0.5) is 0 Å². The Bertz CT molecular complexity index is 605. The van der Waals surface area contributed by atoms with Gasteiger partial charge in [-0.3, -0.25) is 0 Å². The van der Waals surface area contributed by atoms with Gasteiger partial charge in [0.2, 0.25) is 0 Å². The molecular formula is C37H73N2+. The highest BCUT2D eigenvalue weighted by Gasteiger charge is 2.16. The lowest BCUT2D eigenvalue weighted by Gasteiger charge is -2.07. The molecule has 0 amide bonds. The molecule has 0 aromatic carbocycles. The molecule has 0 saturated heterocycles. The van der Waals surface area contributed by atoms with Crippen LogP contribution in [0.15, 0.2) is 12.4 Å². The SMILES string of the molecule is CCCCCCCCCCCCCCCn1cc[n+](CCCCCCCCCCCC)c1CCCCCCC. The Hall–Kier alpha value is -0.790. The van der Waals surface area contributed by atoms with Gasteiger partial charge >= 0.3 is 0 Å². The first-order valence-electron chi connectivity index (χ1n) is 18.4. The van der Waals surface area contributed by atoms with Gasteiger partial charge in [-0.05, 0) is 32.1 Å². The summed E-state index contributed by atoms with van der Waals surface area (Å²) in [5.41, 5.74) is 0. The third-order valence-corrected chi connectivity index (χ3v) is 8.85. The van der Waals surface area contributed by atoms with E-state index in [1.165, 1.54) is 199 Å². The molecule has 0 fully saturated rings. The number of unbranched alkanes of at least 4 members (excludes halogenated alkanes) is 25. The Kier molecular flexibility index (Phi) is 26.7. The van der Waals surface area contributed by atoms with E-state index in [0.29, 0.717) is 0 Å². The van der Waals surface area contributed by atoms with Crippen molar-refractivity contribution < 1.29 is 4.57 Å². The summed E-state index contributed by atoms with van der Waals surface area (Å²) in [6.45, 7) is 9.40. The molecule has 0 saturated carbocycles. The van der Waals surface area contributed by atoms with Crippen LogP contribution in [-0.2, 0) is 19.5 Å². The Morgan fingerprint density at radius 2 is 0.795 bits per heavy atom. The molecule has 1 aromatic heterocycles. The van der Waals surface area contributed by atoms with Crippen molar-refractivity contribution in [3.8, 4) is 0 Å². The molecule has 0 bridgehead atoms. The third-order valence-electron chi connectivity index (χ3n) is 8.85. The molecule has 2 nitrogen and oxygen atoms in total. The quantitative estimate of drug-likeness (QED) is 0.0648. The minimum Gasteiger partial charge on any atom is -0.234 e. The molecule has 0 radical (unpaired) electrons. The highest BCUT2D eigenvalue weighted by atomic mass is 15.1. The summed E-state index contributed by atoms with van der Waals surface area (Å²) in [4.78, 5) is 0. The molecule has 230 valence electrons. The van der Waals surface area contributed by atoms with Crippen LogP contribution in [0.25, 0.3) is 0 Å². The Balaban J connectivity index is 2.23. The number of nitrogens with zero attached hydrogens (tertiary/aromatic N) is 2. The second kappa shape index (κ2) is 28.7. The summed E-state index contributed by atoms with van der Waals surface area (Å²) < 4.78 is 5.24. The molecule has 1 rings (SSSR count). The van der Waals surface area contributed by atoms with Crippen molar-refractivity contribution in [1.82, 2.24) is 4.57 Å². The van der Waals surface area contributed by atoms with E-state index >= 15 is 0 Å². The van der Waals surface area contributed by atoms with Crippen LogP contribution in [0.5, 0.6) is 0 Å². The normalized spacial score (nSPS) is 11.6. The van der Waals surface area contributed by atoms with Crippen LogP contribution >= 0.6 is 0 Å². The second-order valence-electron chi connectivity index (χ2n) is 12.7. The first kappa shape index (κ1) is 36.2. The maximum atomic E-state index is 2.62. The van der Waals surface area contributed by atoms with Crippen molar-refractivity contribution >= 4 is 0 Å². The van der Waals surface area contributed by atoms with Crippen molar-refractivity contribution in [2.45, 2.75) is 220 Å². The highest BCUT2D eigenvalue weighted by Crippen LogP contribution is 2.14. The van der Waals surface area contributed by atoms with Gasteiger partial charge in [0.25, 0.3) is 5.82 Å². The van der Waals surface area contributed by atoms with E-state index < -0.39 is 0 Å². The van der Waals surface area contributed by atoms with E-state index in [1.54, 1.807) is 5.82 Å². The zero-order valence-electron chi connectivity index (χ0n) is 27.5. The molecule has 0 unspecified atom stereocenters. The predicted octanol–water partition coefficient (Wildman–Crippen LogP) is 12.3. The van der Waals surface area contributed by atoms with Crippen molar-refractivity contribution in [3.63, 3.8) is 0 Å². The fraction of sp³-hybridized carbons (Fsp3) is 0.919. The Labute approximate surface area is 247 Å². The second-order valence-corrected chi connectivity index (χ2v) is 12.7. The molecule has 0 atom stereocenters. The molecule has 39 heavy (non-hydrogen) atoms. The fourth-order valence-electron chi connectivity index (χ4n) is 6.15. The van der Waals surface area contributed by atoms with Crippen LogP contribution in [0.2, 0.25) is 0 Å². The Morgan fingerprint density at radius 1 is 0.436 bits per heavy atom. The van der Waals surface area contributed by atoms with Crippen LogP contribution in [0, 0.1) is 0 Å². The summed E-state index contributed by atoms with van der Waals surface area (Å²) in [6.07, 6.45) is 45.9. The van der Waals surface area contributed by atoms with E-state index in [2.05, 4.69) is 42.3 Å². The van der Waals surface area contributed by atoms with Gasteiger partial charge in [0.05, 0.1) is 13.1 Å². The van der Waals surface area contributed by atoms with E-state index in [1.807, 2.05) is 0 Å². The number of aryl methyl sites for hydroxylation is 2. The maximum Gasteiger partial charge on any atom is 0.256 e. The average Bonchev–Trinajstić information content (AvgIpc) is 3.33. The summed E-state index contributed by atoms with van der Waals surface area (Å²) >= 11 is 0. The number of hydrogen-bond donors (Lipinski definition) is 0. The predicted molar refractivity (Wildman–Crippen MR) is 175 cm³/mol. The summed E-state index contributed by atoms with van der Waals surface area (Å²) in [6, 6.07) is 0. The van der Waals surface area contributed by atoms with Crippen molar-refractivity contribution in [2.24, 2.45) is 0 Å². The average molecular weight is 546 g/mol. The van der Waals surface area contributed by atoms with Gasteiger partial charge in [-0.1, -0.05) is 168 Å². The molecule has 2 heteroatoms. The minimum atomic E-state index is 1.23. The van der Waals surface area contributed by atoms with Crippen LogP contribution < -0.4 is 4.57 Å². The van der Waals surface area contributed by atoms with E-state index in [-0.39, 0.29) is 0 Å². The summed E-state index contributed by atoms with van der Waals surface area (Å²) in [5, 5.41) is 0. The number of aromatic nitrogens is 2. The largest absolute Gasteiger partial charge is 0.256 e. The van der Waals surface area contributed by atoms with Gasteiger partial charge in [0.1, 0.15) is 12.4 Å². The molecule has 0 aliphatic heterocycles. The number of hydrogen-bond acceptors (Lipinski definition) is 0. The minimum absolute atomic E-state index is 1.23. The zero-order chi connectivity index (χ0) is 28.1. The topological polar surface area (TPSA) is 8.81 Å². The lowest BCUT2D eigenvalue weighted by Crippen LogP contribution is -2.37. The Morgan fingerprint density at radius 3 is 1.23 bits per heavy atom. The van der Waals surface area contributed by atoms with Crippen molar-refractivity contribution in [2.75, 3.05) is 0 Å². The van der Waals surface area contributed by atoms with E-state index in [4.69, 9.17) is 0 Å². The molecule has 0 aliphatic rings. The van der Waals surface area contributed by atoms with Crippen molar-refractivity contribution in [1.29, 1.82) is 0 Å². The van der Waals surface area contributed by atoms with Crippen LogP contribution in [0.1, 0.15) is 206 Å². The zero-order valence-corrected chi connectivity index (χ0v) is 27.5. The maximum absolute atomic E-state index is 2.62. The molecule has 1 heterocycles. The fourth-order valence-corrected chi connectivity index (χ4v) is 6.15. The first-order chi connectivity index (χ1) is 19.3. The molecule has 0 spiro atoms. The van der Waals surface area contributed by atoms with Crippen molar-refractivity contribution in [3.05, 3.63) is 18.2 Å².